The van der Waals surface area contributed by atoms with Crippen LogP contribution in [0.1, 0.15) is 65.4 Å². The SMILES string of the molecule is CCOC(=O)c1nn(-c2cccc(Cl)c2)c2c1CCN(c1cc3c(cc1F)CCN(C(=O)OC(C)(C)C)C3)C2=O. The quantitative estimate of drug-likeness (QED) is 0.395. The number of carbonyl (C=O) groups is 3. The highest BCUT2D eigenvalue weighted by Crippen LogP contribution is 2.34. The molecule has 3 aromatic rings. The molecule has 0 saturated heterocycles. The van der Waals surface area contributed by atoms with Crippen LogP contribution in [0.2, 0.25) is 5.02 Å². The van der Waals surface area contributed by atoms with E-state index in [1.54, 1.807) is 62.9 Å². The van der Waals surface area contributed by atoms with Crippen molar-refractivity contribution in [1.82, 2.24) is 14.7 Å². The molecule has 2 aliphatic rings. The van der Waals surface area contributed by atoms with E-state index in [9.17, 15) is 14.4 Å². The minimum absolute atomic E-state index is 0.0451. The molecule has 0 atom stereocenters. The van der Waals surface area contributed by atoms with Gasteiger partial charge >= 0.3 is 12.1 Å². The predicted octanol–water partition coefficient (Wildman–Crippen LogP) is 5.34. The fourth-order valence-corrected chi connectivity index (χ4v) is 5.19. The van der Waals surface area contributed by atoms with Gasteiger partial charge in [0.05, 0.1) is 18.0 Å². The van der Waals surface area contributed by atoms with Crippen LogP contribution >= 0.6 is 11.6 Å². The molecule has 0 fully saturated rings. The summed E-state index contributed by atoms with van der Waals surface area (Å²) >= 11 is 6.20. The van der Waals surface area contributed by atoms with Crippen molar-refractivity contribution in [2.75, 3.05) is 24.6 Å². The second-order valence-electron chi connectivity index (χ2n) is 10.7. The van der Waals surface area contributed by atoms with Crippen LogP contribution in [0.25, 0.3) is 5.69 Å². The second kappa shape index (κ2) is 10.6. The van der Waals surface area contributed by atoms with Crippen molar-refractivity contribution in [2.24, 2.45) is 0 Å². The number of esters is 1. The minimum atomic E-state index is -0.641. The molecule has 40 heavy (non-hydrogen) atoms. The van der Waals surface area contributed by atoms with Crippen LogP contribution in [0.15, 0.2) is 36.4 Å². The first-order valence-corrected chi connectivity index (χ1v) is 13.5. The Hall–Kier alpha value is -3.92. The number of ether oxygens (including phenoxy) is 2. The summed E-state index contributed by atoms with van der Waals surface area (Å²) in [5, 5.41) is 4.86. The van der Waals surface area contributed by atoms with E-state index in [-0.39, 0.29) is 43.2 Å². The highest BCUT2D eigenvalue weighted by atomic mass is 35.5. The Bertz CT molecular complexity index is 1510. The third-order valence-corrected chi connectivity index (χ3v) is 7.00. The van der Waals surface area contributed by atoms with Crippen LogP contribution in [0.3, 0.4) is 0 Å². The Morgan fingerprint density at radius 1 is 1.10 bits per heavy atom. The van der Waals surface area contributed by atoms with E-state index < -0.39 is 29.4 Å². The molecule has 0 N–H and O–H groups in total. The van der Waals surface area contributed by atoms with Gasteiger partial charge in [0.1, 0.15) is 17.1 Å². The van der Waals surface area contributed by atoms with Gasteiger partial charge in [-0.15, -0.1) is 0 Å². The third kappa shape index (κ3) is 5.28. The normalized spacial score (nSPS) is 15.0. The zero-order chi connectivity index (χ0) is 28.8. The van der Waals surface area contributed by atoms with Gasteiger partial charge in [0, 0.05) is 30.2 Å². The molecule has 2 aromatic carbocycles. The van der Waals surface area contributed by atoms with E-state index in [0.717, 1.165) is 11.1 Å². The minimum Gasteiger partial charge on any atom is -0.461 e. The average Bonchev–Trinajstić information content (AvgIpc) is 3.28. The number of aromatic nitrogens is 2. The standard InChI is InChI=1S/C29H30ClFN4O5/c1-5-39-27(37)24-21-10-12-34(26(36)25(21)35(32-24)20-8-6-7-19(30)15-20)23-14-18-16-33(28(38)40-29(2,3)4)11-9-17(18)13-22(23)31/h6-8,13-15H,5,9-12,16H2,1-4H3. The lowest BCUT2D eigenvalue weighted by molar-refractivity contribution is 0.0223. The molecule has 0 radical (unpaired) electrons. The van der Waals surface area contributed by atoms with E-state index in [0.29, 0.717) is 29.2 Å². The van der Waals surface area contributed by atoms with Gasteiger partial charge in [-0.05, 0) is 82.0 Å². The number of hydrogen-bond acceptors (Lipinski definition) is 6. The van der Waals surface area contributed by atoms with Crippen molar-refractivity contribution >= 4 is 35.3 Å². The Kier molecular flexibility index (Phi) is 7.31. The van der Waals surface area contributed by atoms with Crippen molar-refractivity contribution in [3.63, 3.8) is 0 Å². The Labute approximate surface area is 236 Å². The number of fused-ring (bicyclic) bond motifs is 2. The van der Waals surface area contributed by atoms with Gasteiger partial charge in [-0.2, -0.15) is 5.10 Å². The van der Waals surface area contributed by atoms with Crippen molar-refractivity contribution in [1.29, 1.82) is 0 Å². The summed E-state index contributed by atoms with van der Waals surface area (Å²) in [5.74, 6) is -1.69. The number of amides is 2. The van der Waals surface area contributed by atoms with Crippen molar-refractivity contribution < 1.29 is 28.2 Å². The van der Waals surface area contributed by atoms with Crippen LogP contribution < -0.4 is 4.90 Å². The lowest BCUT2D eigenvalue weighted by Gasteiger charge is -2.33. The number of nitrogens with zero attached hydrogens (tertiary/aromatic N) is 4. The molecule has 2 aliphatic heterocycles. The number of anilines is 1. The van der Waals surface area contributed by atoms with E-state index in [1.807, 2.05) is 0 Å². The zero-order valence-electron chi connectivity index (χ0n) is 22.8. The molecule has 3 heterocycles. The van der Waals surface area contributed by atoms with E-state index >= 15 is 4.39 Å². The maximum Gasteiger partial charge on any atom is 0.410 e. The maximum absolute atomic E-state index is 15.5. The Balaban J connectivity index is 1.52. The van der Waals surface area contributed by atoms with Gasteiger partial charge in [0.2, 0.25) is 0 Å². The van der Waals surface area contributed by atoms with Gasteiger partial charge in [-0.25, -0.2) is 18.7 Å². The van der Waals surface area contributed by atoms with Crippen LogP contribution in [0, 0.1) is 5.82 Å². The van der Waals surface area contributed by atoms with E-state index in [1.165, 1.54) is 15.6 Å². The summed E-state index contributed by atoms with van der Waals surface area (Å²) in [7, 11) is 0. The summed E-state index contributed by atoms with van der Waals surface area (Å²) in [6.07, 6.45) is 0.282. The molecule has 9 nitrogen and oxygen atoms in total. The van der Waals surface area contributed by atoms with Crippen LogP contribution in [-0.2, 0) is 28.9 Å². The van der Waals surface area contributed by atoms with Gasteiger partial charge in [-0.1, -0.05) is 17.7 Å². The first kappa shape index (κ1) is 27.6. The molecule has 0 bridgehead atoms. The smallest absolute Gasteiger partial charge is 0.410 e. The number of hydrogen-bond donors (Lipinski definition) is 0. The Morgan fingerprint density at radius 3 is 2.58 bits per heavy atom. The highest BCUT2D eigenvalue weighted by Gasteiger charge is 2.37. The molecule has 0 saturated carbocycles. The summed E-state index contributed by atoms with van der Waals surface area (Å²) in [6.45, 7) is 8.01. The number of benzene rings is 2. The molecular formula is C29H30ClFN4O5. The topological polar surface area (TPSA) is 94.0 Å². The van der Waals surface area contributed by atoms with Gasteiger partial charge < -0.3 is 19.3 Å². The van der Waals surface area contributed by atoms with Crippen molar-refractivity contribution in [3.8, 4) is 5.69 Å². The number of halogens is 2. The second-order valence-corrected chi connectivity index (χ2v) is 11.2. The molecule has 0 spiro atoms. The van der Waals surface area contributed by atoms with Crippen LogP contribution in [0.5, 0.6) is 0 Å². The summed E-state index contributed by atoms with van der Waals surface area (Å²) in [4.78, 5) is 42.3. The largest absolute Gasteiger partial charge is 0.461 e. The van der Waals surface area contributed by atoms with E-state index in [2.05, 4.69) is 5.10 Å². The first-order valence-electron chi connectivity index (χ1n) is 13.1. The lowest BCUT2D eigenvalue weighted by Crippen LogP contribution is -2.41. The van der Waals surface area contributed by atoms with Crippen LogP contribution in [-0.4, -0.2) is 57.9 Å². The highest BCUT2D eigenvalue weighted by molar-refractivity contribution is 6.30. The fourth-order valence-electron chi connectivity index (χ4n) is 5.00. The van der Waals surface area contributed by atoms with Crippen LogP contribution in [0.4, 0.5) is 14.9 Å². The summed E-state index contributed by atoms with van der Waals surface area (Å²) in [5.41, 5.74) is 2.08. The number of rotatable bonds is 4. The summed E-state index contributed by atoms with van der Waals surface area (Å²) < 4.78 is 27.5. The molecule has 0 unspecified atom stereocenters. The molecule has 11 heteroatoms. The lowest BCUT2D eigenvalue weighted by atomic mass is 9.97. The van der Waals surface area contributed by atoms with E-state index in [4.69, 9.17) is 21.1 Å². The molecular weight excluding hydrogens is 539 g/mol. The predicted molar refractivity (Wildman–Crippen MR) is 147 cm³/mol. The Morgan fingerprint density at radius 2 is 1.88 bits per heavy atom. The molecule has 2 amide bonds. The third-order valence-electron chi connectivity index (χ3n) is 6.76. The number of carbonyl (C=O) groups excluding carboxylic acids is 3. The summed E-state index contributed by atoms with van der Waals surface area (Å²) in [6, 6.07) is 9.78. The molecule has 5 rings (SSSR count). The van der Waals surface area contributed by atoms with Gasteiger partial charge in [-0.3, -0.25) is 4.79 Å². The zero-order valence-corrected chi connectivity index (χ0v) is 23.5. The average molecular weight is 569 g/mol. The first-order chi connectivity index (χ1) is 19.0. The van der Waals surface area contributed by atoms with Crippen molar-refractivity contribution in [2.45, 2.75) is 52.7 Å². The maximum atomic E-state index is 15.5. The van der Waals surface area contributed by atoms with Crippen molar-refractivity contribution in [3.05, 3.63) is 75.3 Å². The molecule has 0 aliphatic carbocycles. The molecule has 1 aromatic heterocycles. The monoisotopic (exact) mass is 568 g/mol. The van der Waals surface area contributed by atoms with Gasteiger partial charge in [0.25, 0.3) is 5.91 Å². The van der Waals surface area contributed by atoms with Gasteiger partial charge in [0.15, 0.2) is 5.69 Å². The fraction of sp³-hybridized carbons (Fsp3) is 0.379. The molecule has 210 valence electrons.